The van der Waals surface area contributed by atoms with Crippen LogP contribution in [-0.2, 0) is 23.9 Å². The zero-order chi connectivity index (χ0) is 41.0. The highest BCUT2D eigenvalue weighted by atomic mass is 16.6. The molecule has 8 atom stereocenters. The van der Waals surface area contributed by atoms with Crippen LogP contribution in [0.1, 0.15) is 202 Å². The fourth-order valence-electron chi connectivity index (χ4n) is 11.1. The number of hydrogen-bond acceptors (Lipinski definition) is 8. The van der Waals surface area contributed by atoms with Gasteiger partial charge in [-0.1, -0.05) is 175 Å². The summed E-state index contributed by atoms with van der Waals surface area (Å²) in [5, 5.41) is 35.6. The summed E-state index contributed by atoms with van der Waals surface area (Å²) in [6.07, 6.45) is 28.7. The standard InChI is InChI=1S/C48H80O8/c1-7-9-11-13-15-17-19-21-23-25-27-29-40(50)55-44-36(4)47(54)38(32-37(34-49)33-46(53)39(47)31-35(3)43(46)52)42-45(5,6)48(42,44)56-41(51)30-28-26-24-22-20-18-16-14-12-10-8-2/h31-32,36,38-39,42,44,49,53-54H,7-30,33-34H2,1-6H3/t36-,38+,39-,42-,44-,46+,47-,48-/m1/s1. The molecule has 3 N–H and O–H groups in total. The molecule has 4 aliphatic rings. The van der Waals surface area contributed by atoms with E-state index in [-0.39, 0.29) is 37.8 Å². The van der Waals surface area contributed by atoms with Crippen LogP contribution in [0.5, 0.6) is 0 Å². The molecule has 0 spiro atoms. The van der Waals surface area contributed by atoms with E-state index in [2.05, 4.69) is 13.8 Å². The molecular formula is C48H80O8. The number of ketones is 1. The van der Waals surface area contributed by atoms with Crippen molar-refractivity contribution in [2.75, 3.05) is 6.61 Å². The summed E-state index contributed by atoms with van der Waals surface area (Å²) in [5.41, 5.74) is -4.72. The molecule has 4 aliphatic carbocycles. The maximum absolute atomic E-state index is 13.8. The molecule has 0 bridgehead atoms. The molecule has 8 nitrogen and oxygen atoms in total. The number of ether oxygens (including phenoxy) is 2. The summed E-state index contributed by atoms with van der Waals surface area (Å²) >= 11 is 0. The summed E-state index contributed by atoms with van der Waals surface area (Å²) < 4.78 is 13.0. The van der Waals surface area contributed by atoms with Gasteiger partial charge in [0.2, 0.25) is 0 Å². The Bertz CT molecular complexity index is 1350. The molecule has 0 aliphatic heterocycles. The summed E-state index contributed by atoms with van der Waals surface area (Å²) in [6.45, 7) is 11.6. The van der Waals surface area contributed by atoms with E-state index in [0.717, 1.165) is 38.5 Å². The van der Waals surface area contributed by atoms with Crippen molar-refractivity contribution in [2.45, 2.75) is 225 Å². The fourth-order valence-corrected chi connectivity index (χ4v) is 11.1. The quantitative estimate of drug-likeness (QED) is 0.0426. The number of carbonyl (C=O) groups is 3. The van der Waals surface area contributed by atoms with Gasteiger partial charge in [0.25, 0.3) is 0 Å². The van der Waals surface area contributed by atoms with Crippen molar-refractivity contribution >= 4 is 17.7 Å². The van der Waals surface area contributed by atoms with Gasteiger partial charge in [-0.15, -0.1) is 0 Å². The molecule has 0 unspecified atom stereocenters. The Balaban J connectivity index is 1.45. The minimum Gasteiger partial charge on any atom is -0.458 e. The Morgan fingerprint density at radius 2 is 1.16 bits per heavy atom. The van der Waals surface area contributed by atoms with E-state index in [4.69, 9.17) is 9.47 Å². The van der Waals surface area contributed by atoms with Crippen molar-refractivity contribution in [3.8, 4) is 0 Å². The van der Waals surface area contributed by atoms with E-state index in [1.807, 2.05) is 19.9 Å². The van der Waals surface area contributed by atoms with Crippen LogP contribution < -0.4 is 0 Å². The van der Waals surface area contributed by atoms with Gasteiger partial charge in [-0.2, -0.15) is 0 Å². The molecule has 56 heavy (non-hydrogen) atoms. The van der Waals surface area contributed by atoms with Gasteiger partial charge in [-0.3, -0.25) is 14.4 Å². The van der Waals surface area contributed by atoms with Crippen molar-refractivity contribution in [1.82, 2.24) is 0 Å². The Morgan fingerprint density at radius 3 is 1.62 bits per heavy atom. The maximum atomic E-state index is 13.8. The third kappa shape index (κ3) is 10.2. The van der Waals surface area contributed by atoms with Crippen LogP contribution in [0.4, 0.5) is 0 Å². The van der Waals surface area contributed by atoms with Crippen LogP contribution in [-0.4, -0.2) is 62.6 Å². The Labute approximate surface area is 340 Å². The van der Waals surface area contributed by atoms with E-state index in [1.165, 1.54) is 96.3 Å². The first-order valence-corrected chi connectivity index (χ1v) is 23.2. The lowest BCUT2D eigenvalue weighted by molar-refractivity contribution is -0.229. The number of esters is 2. The van der Waals surface area contributed by atoms with E-state index in [9.17, 15) is 29.7 Å². The molecule has 4 rings (SSSR count). The van der Waals surface area contributed by atoms with Crippen LogP contribution in [0.2, 0.25) is 0 Å². The van der Waals surface area contributed by atoms with Crippen molar-refractivity contribution < 1.29 is 39.2 Å². The third-order valence-electron chi connectivity index (χ3n) is 14.5. The minimum absolute atomic E-state index is 0.103. The molecule has 0 saturated heterocycles. The highest BCUT2D eigenvalue weighted by molar-refractivity contribution is 6.04. The second-order valence-corrected chi connectivity index (χ2v) is 18.9. The molecule has 0 heterocycles. The third-order valence-corrected chi connectivity index (χ3v) is 14.5. The maximum Gasteiger partial charge on any atom is 0.306 e. The normalized spacial score (nSPS) is 31.4. The predicted molar refractivity (Wildman–Crippen MR) is 223 cm³/mol. The van der Waals surface area contributed by atoms with Gasteiger partial charge >= 0.3 is 11.9 Å². The molecule has 0 aromatic rings. The number of rotatable bonds is 27. The van der Waals surface area contributed by atoms with Crippen molar-refractivity contribution in [1.29, 1.82) is 0 Å². The molecule has 0 amide bonds. The lowest BCUT2D eigenvalue weighted by Gasteiger charge is -2.53. The smallest absolute Gasteiger partial charge is 0.306 e. The summed E-state index contributed by atoms with van der Waals surface area (Å²) in [7, 11) is 0. The van der Waals surface area contributed by atoms with E-state index < -0.39 is 57.8 Å². The highest BCUT2D eigenvalue weighted by Gasteiger charge is 2.88. The number of aliphatic hydroxyl groups is 3. The van der Waals surface area contributed by atoms with Crippen LogP contribution in [0.25, 0.3) is 0 Å². The largest absolute Gasteiger partial charge is 0.458 e. The first-order chi connectivity index (χ1) is 26.8. The first kappa shape index (κ1) is 46.7. The van der Waals surface area contributed by atoms with E-state index in [1.54, 1.807) is 19.9 Å². The van der Waals surface area contributed by atoms with Crippen LogP contribution >= 0.6 is 0 Å². The summed E-state index contributed by atoms with van der Waals surface area (Å²) in [4.78, 5) is 41.0. The van der Waals surface area contributed by atoms with Gasteiger partial charge in [0.1, 0.15) is 11.7 Å². The van der Waals surface area contributed by atoms with Gasteiger partial charge in [-0.25, -0.2) is 0 Å². The SMILES string of the molecule is CCCCCCCCCCCCCC(=O)O[C@@H]1[C@@H](C)[C@@]2(O)[C@@H](C=C(CO)C[C@@]3(O)C(=O)C(C)=C[C@@H]23)[C@@H]2C(C)(C)[C@]12OC(=O)CCCCCCCCCCCCC. The number of aliphatic hydroxyl groups excluding tert-OH is 1. The fraction of sp³-hybridized carbons (Fsp3) is 0.854. The molecule has 2 saturated carbocycles. The Hall–Kier alpha value is -2.03. The monoisotopic (exact) mass is 785 g/mol. The predicted octanol–water partition coefficient (Wildman–Crippen LogP) is 10.4. The second-order valence-electron chi connectivity index (χ2n) is 18.9. The summed E-state index contributed by atoms with van der Waals surface area (Å²) in [6, 6.07) is 0. The first-order valence-electron chi connectivity index (χ1n) is 23.2. The highest BCUT2D eigenvalue weighted by Crippen LogP contribution is 2.77. The Kier molecular flexibility index (Phi) is 17.7. The second kappa shape index (κ2) is 21.3. The average Bonchev–Trinajstić information content (AvgIpc) is 3.59. The van der Waals surface area contributed by atoms with Gasteiger partial charge in [0, 0.05) is 48.3 Å². The van der Waals surface area contributed by atoms with Crippen molar-refractivity contribution in [3.05, 3.63) is 23.3 Å². The minimum atomic E-state index is -1.94. The number of carbonyl (C=O) groups excluding carboxylic acids is 3. The van der Waals surface area contributed by atoms with Crippen LogP contribution in [0, 0.1) is 29.1 Å². The van der Waals surface area contributed by atoms with Gasteiger partial charge in [-0.05, 0) is 30.9 Å². The molecule has 8 heteroatoms. The number of hydrogen-bond donors (Lipinski definition) is 3. The topological polar surface area (TPSA) is 130 Å². The van der Waals surface area contributed by atoms with Gasteiger partial charge in [0.15, 0.2) is 11.4 Å². The molecule has 0 aromatic heterocycles. The Morgan fingerprint density at radius 1 is 0.714 bits per heavy atom. The van der Waals surface area contributed by atoms with Crippen molar-refractivity contribution in [3.63, 3.8) is 0 Å². The molecular weight excluding hydrogens is 705 g/mol. The number of fused-ring (bicyclic) bond motifs is 5. The number of Topliss-reactive ketones (excluding diaryl/α,β-unsaturated/α-hetero) is 1. The zero-order valence-corrected chi connectivity index (χ0v) is 36.3. The molecule has 0 radical (unpaired) electrons. The van der Waals surface area contributed by atoms with E-state index >= 15 is 0 Å². The number of unbranched alkanes of at least 4 members (excludes halogenated alkanes) is 20. The lowest BCUT2D eigenvalue weighted by Crippen LogP contribution is -2.66. The molecule has 2 fully saturated rings. The van der Waals surface area contributed by atoms with E-state index in [0.29, 0.717) is 17.6 Å². The summed E-state index contributed by atoms with van der Waals surface area (Å²) in [5.74, 6) is -4.10. The van der Waals surface area contributed by atoms with Crippen LogP contribution in [0.3, 0.4) is 0 Å². The zero-order valence-electron chi connectivity index (χ0n) is 36.3. The molecule has 320 valence electrons. The lowest BCUT2D eigenvalue weighted by atomic mass is 9.59. The van der Waals surface area contributed by atoms with Gasteiger partial charge in [0.05, 0.1) is 12.2 Å². The van der Waals surface area contributed by atoms with Gasteiger partial charge < -0.3 is 24.8 Å². The molecule has 0 aromatic carbocycles. The van der Waals surface area contributed by atoms with Crippen LogP contribution in [0.15, 0.2) is 23.3 Å². The average molecular weight is 785 g/mol. The van der Waals surface area contributed by atoms with Crippen molar-refractivity contribution in [2.24, 2.45) is 29.1 Å².